The third kappa shape index (κ3) is 5.34. The number of aliphatic hydroxyl groups excluding tert-OH is 2. The molecule has 0 aliphatic heterocycles. The van der Waals surface area contributed by atoms with Gasteiger partial charge in [-0.25, -0.2) is 9.59 Å². The summed E-state index contributed by atoms with van der Waals surface area (Å²) in [5, 5.41) is 39.8. The lowest BCUT2D eigenvalue weighted by atomic mass is 10.1. The molecule has 34 heavy (non-hydrogen) atoms. The Morgan fingerprint density at radius 1 is 1.06 bits per heavy atom. The molecule has 178 valence electrons. The van der Waals surface area contributed by atoms with Crippen LogP contribution in [0.4, 0.5) is 11.4 Å². The van der Waals surface area contributed by atoms with Crippen LogP contribution in [0.25, 0.3) is 17.0 Å². The third-order valence-corrected chi connectivity index (χ3v) is 5.09. The molecule has 11 nitrogen and oxygen atoms in total. The van der Waals surface area contributed by atoms with Gasteiger partial charge in [-0.05, 0) is 30.2 Å². The van der Waals surface area contributed by atoms with Crippen LogP contribution in [0.5, 0.6) is 0 Å². The van der Waals surface area contributed by atoms with Crippen LogP contribution in [-0.4, -0.2) is 67.5 Å². The van der Waals surface area contributed by atoms with Gasteiger partial charge >= 0.3 is 11.9 Å². The number of fused-ring (bicyclic) bond motifs is 3. The predicted octanol–water partition coefficient (Wildman–Crippen LogP) is 1.55. The molecule has 3 aromatic rings. The smallest absolute Gasteiger partial charge is 0.335 e. The minimum absolute atomic E-state index is 0.119. The van der Waals surface area contributed by atoms with Gasteiger partial charge in [0.25, 0.3) is 5.91 Å². The van der Waals surface area contributed by atoms with Gasteiger partial charge in [0.05, 0.1) is 16.9 Å². The van der Waals surface area contributed by atoms with Crippen molar-refractivity contribution in [2.75, 3.05) is 17.7 Å². The topological polar surface area (TPSA) is 188 Å². The number of aliphatic hydroxyl groups is 2. The number of aromatic amines is 2. The van der Waals surface area contributed by atoms with Gasteiger partial charge in [0, 0.05) is 36.1 Å². The Morgan fingerprint density at radius 3 is 2.35 bits per heavy atom. The number of H-pyrrole nitrogens is 2. The zero-order valence-corrected chi connectivity index (χ0v) is 18.1. The number of allylic oxidation sites excluding steroid dienone is 1. The number of carbonyl (C=O) groups excluding carboxylic acids is 1. The molecule has 8 N–H and O–H groups in total. The molecule has 0 radical (unpaired) electrons. The molecule has 1 aliphatic carbocycles. The average Bonchev–Trinajstić information content (AvgIpc) is 3.39. The molecule has 2 aromatic heterocycles. The Labute approximate surface area is 193 Å². The largest absolute Gasteiger partial charge is 0.479 e. The number of carboxylic acid groups (broad SMARTS) is 2. The van der Waals surface area contributed by atoms with E-state index >= 15 is 0 Å². The Morgan fingerprint density at radius 2 is 1.76 bits per heavy atom. The quantitative estimate of drug-likeness (QED) is 0.267. The molecule has 0 bridgehead atoms. The summed E-state index contributed by atoms with van der Waals surface area (Å²) in [5.41, 5.74) is 5.71. The Bertz CT molecular complexity index is 1240. The van der Waals surface area contributed by atoms with E-state index in [0.29, 0.717) is 5.57 Å². The van der Waals surface area contributed by atoms with E-state index in [-0.39, 0.29) is 5.91 Å². The molecule has 2 atom stereocenters. The number of carbonyl (C=O) groups is 3. The van der Waals surface area contributed by atoms with Crippen LogP contribution >= 0.6 is 0 Å². The lowest BCUT2D eigenvalue weighted by molar-refractivity contribution is -0.165. The Balaban J connectivity index is 0.000000277. The van der Waals surface area contributed by atoms with E-state index in [1.165, 1.54) is 10.9 Å². The summed E-state index contributed by atoms with van der Waals surface area (Å²) < 4.78 is 0. The summed E-state index contributed by atoms with van der Waals surface area (Å²) in [5.74, 6) is -3.66. The molecule has 2 heterocycles. The molecule has 0 fully saturated rings. The lowest BCUT2D eigenvalue weighted by Gasteiger charge is -2.07. The number of carboxylic acids is 2. The number of hydrogen-bond acceptors (Lipinski definition) is 6. The summed E-state index contributed by atoms with van der Waals surface area (Å²) in [7, 11) is 1.91. The summed E-state index contributed by atoms with van der Waals surface area (Å²) in [6.45, 7) is 0. The second kappa shape index (κ2) is 10.5. The molecule has 0 saturated carbocycles. The minimum Gasteiger partial charge on any atom is -0.479 e. The van der Waals surface area contributed by atoms with Crippen LogP contribution in [-0.2, 0) is 20.8 Å². The summed E-state index contributed by atoms with van der Waals surface area (Å²) >= 11 is 0. The number of para-hydroxylation sites is 1. The van der Waals surface area contributed by atoms with Gasteiger partial charge in [-0.3, -0.25) is 4.79 Å². The number of anilines is 2. The van der Waals surface area contributed by atoms with Crippen LogP contribution in [0, 0.1) is 0 Å². The van der Waals surface area contributed by atoms with Crippen molar-refractivity contribution in [2.24, 2.45) is 0 Å². The predicted molar refractivity (Wildman–Crippen MR) is 125 cm³/mol. The van der Waals surface area contributed by atoms with Crippen molar-refractivity contribution < 1.29 is 34.8 Å². The van der Waals surface area contributed by atoms with Crippen molar-refractivity contribution >= 4 is 46.2 Å². The van der Waals surface area contributed by atoms with Crippen molar-refractivity contribution in [3.63, 3.8) is 0 Å². The second-order valence-corrected chi connectivity index (χ2v) is 7.32. The number of aliphatic carboxylic acids is 2. The van der Waals surface area contributed by atoms with Gasteiger partial charge < -0.3 is 41.0 Å². The van der Waals surface area contributed by atoms with E-state index in [2.05, 4.69) is 26.7 Å². The molecule has 11 heteroatoms. The summed E-state index contributed by atoms with van der Waals surface area (Å²) in [6.07, 6.45) is 5.63. The first-order valence-electron chi connectivity index (χ1n) is 10.2. The zero-order chi connectivity index (χ0) is 24.8. The first kappa shape index (κ1) is 24.3. The lowest BCUT2D eigenvalue weighted by Crippen LogP contribution is -2.39. The number of benzene rings is 1. The first-order chi connectivity index (χ1) is 16.2. The van der Waals surface area contributed by atoms with Crippen LogP contribution in [0.1, 0.15) is 11.3 Å². The molecule has 0 spiro atoms. The van der Waals surface area contributed by atoms with Gasteiger partial charge in [-0.15, -0.1) is 0 Å². The number of aromatic nitrogens is 2. The van der Waals surface area contributed by atoms with E-state index in [1.54, 1.807) is 12.4 Å². The van der Waals surface area contributed by atoms with E-state index in [1.807, 2.05) is 43.5 Å². The SMILES string of the molecule is CNc1cccc2c3c([nH]c12)C=C(C(=O)Nc1cc[nH]c1)C=CC3.O=C(O)C(O)C(O)C(=O)O. The van der Waals surface area contributed by atoms with Crippen molar-refractivity contribution in [1.29, 1.82) is 0 Å². The normalized spacial score (nSPS) is 14.0. The number of nitrogens with one attached hydrogen (secondary N) is 4. The molecular weight excluding hydrogens is 444 g/mol. The van der Waals surface area contributed by atoms with Crippen LogP contribution < -0.4 is 10.6 Å². The van der Waals surface area contributed by atoms with Crippen LogP contribution in [0.2, 0.25) is 0 Å². The van der Waals surface area contributed by atoms with E-state index < -0.39 is 24.1 Å². The van der Waals surface area contributed by atoms with Crippen molar-refractivity contribution in [3.05, 3.63) is 65.6 Å². The van der Waals surface area contributed by atoms with E-state index in [4.69, 9.17) is 20.4 Å². The maximum absolute atomic E-state index is 12.5. The fourth-order valence-electron chi connectivity index (χ4n) is 3.37. The maximum Gasteiger partial charge on any atom is 0.335 e. The maximum atomic E-state index is 12.5. The fraction of sp³-hybridized carbons (Fsp3) is 0.174. The molecule has 1 aromatic carbocycles. The van der Waals surface area contributed by atoms with Gasteiger partial charge in [0.1, 0.15) is 0 Å². The second-order valence-electron chi connectivity index (χ2n) is 7.32. The zero-order valence-electron chi connectivity index (χ0n) is 18.1. The molecular formula is C23H24N4O7. The highest BCUT2D eigenvalue weighted by atomic mass is 16.4. The molecule has 4 rings (SSSR count). The number of hydrogen-bond donors (Lipinski definition) is 8. The highest BCUT2D eigenvalue weighted by molar-refractivity contribution is 6.09. The highest BCUT2D eigenvalue weighted by Gasteiger charge is 2.29. The van der Waals surface area contributed by atoms with Crippen LogP contribution in [0.3, 0.4) is 0 Å². The number of rotatable bonds is 6. The summed E-state index contributed by atoms with van der Waals surface area (Å²) in [6, 6.07) is 8.02. The monoisotopic (exact) mass is 468 g/mol. The van der Waals surface area contributed by atoms with Crippen molar-refractivity contribution in [1.82, 2.24) is 9.97 Å². The minimum atomic E-state index is -2.27. The van der Waals surface area contributed by atoms with Gasteiger partial charge in [-0.1, -0.05) is 24.3 Å². The van der Waals surface area contributed by atoms with Crippen molar-refractivity contribution in [2.45, 2.75) is 18.6 Å². The molecule has 1 amide bonds. The Hall–Kier alpha value is -4.35. The van der Waals surface area contributed by atoms with Gasteiger partial charge in [0.15, 0.2) is 12.2 Å². The van der Waals surface area contributed by atoms with E-state index in [9.17, 15) is 14.4 Å². The molecule has 0 saturated heterocycles. The average molecular weight is 468 g/mol. The molecule has 1 aliphatic rings. The number of amides is 1. The van der Waals surface area contributed by atoms with Crippen molar-refractivity contribution in [3.8, 4) is 0 Å². The molecule has 2 unspecified atom stereocenters. The van der Waals surface area contributed by atoms with Crippen LogP contribution in [0.15, 0.2) is 54.4 Å². The third-order valence-electron chi connectivity index (χ3n) is 5.09. The van der Waals surface area contributed by atoms with Gasteiger partial charge in [0.2, 0.25) is 0 Å². The first-order valence-corrected chi connectivity index (χ1v) is 10.2. The fourth-order valence-corrected chi connectivity index (χ4v) is 3.37. The van der Waals surface area contributed by atoms with Gasteiger partial charge in [-0.2, -0.15) is 0 Å². The standard InChI is InChI=1S/C19H18N4O.C4H6O6/c1-20-16-7-3-6-15-14-5-2-4-12(10-17(14)23-18(15)16)19(24)22-13-8-9-21-11-13;5-1(3(7)8)2(6)4(9)10/h2-4,6-11,20-21,23H,5H2,1H3,(H,22,24);1-2,5-6H,(H,7,8)(H,9,10). The summed E-state index contributed by atoms with van der Waals surface area (Å²) in [4.78, 5) is 38.4. The van der Waals surface area contributed by atoms with E-state index in [0.717, 1.165) is 29.0 Å². The Kier molecular flexibility index (Phi) is 7.51. The highest BCUT2D eigenvalue weighted by Crippen LogP contribution is 2.31.